The summed E-state index contributed by atoms with van der Waals surface area (Å²) in [7, 11) is 0. The van der Waals surface area contributed by atoms with Gasteiger partial charge in [0.25, 0.3) is 5.91 Å². The summed E-state index contributed by atoms with van der Waals surface area (Å²) in [6, 6.07) is 12.6. The molecule has 0 saturated carbocycles. The second-order valence-corrected chi connectivity index (χ2v) is 6.78. The minimum Gasteiger partial charge on any atom is -0.352 e. The van der Waals surface area contributed by atoms with Crippen molar-refractivity contribution in [1.82, 2.24) is 15.3 Å². The summed E-state index contributed by atoms with van der Waals surface area (Å²) in [5.41, 5.74) is 2.47. The van der Waals surface area contributed by atoms with Crippen LogP contribution >= 0.6 is 22.9 Å². The Bertz CT molecular complexity index is 831. The molecule has 0 unspecified atom stereocenters. The first kappa shape index (κ1) is 16.6. The topological polar surface area (TPSA) is 54.9 Å². The van der Waals surface area contributed by atoms with Gasteiger partial charge < -0.3 is 5.32 Å². The molecular formula is C18H16ClN3OS. The van der Waals surface area contributed by atoms with Crippen molar-refractivity contribution in [2.45, 2.75) is 13.3 Å². The lowest BCUT2D eigenvalue weighted by atomic mass is 10.2. The van der Waals surface area contributed by atoms with Gasteiger partial charge >= 0.3 is 0 Å². The Hall–Kier alpha value is -2.24. The lowest BCUT2D eigenvalue weighted by Crippen LogP contribution is -2.25. The smallest absolute Gasteiger partial charge is 0.251 e. The van der Waals surface area contributed by atoms with Crippen molar-refractivity contribution in [2.75, 3.05) is 6.54 Å². The molecule has 3 rings (SSSR count). The van der Waals surface area contributed by atoms with Crippen LogP contribution in [0.2, 0.25) is 5.02 Å². The zero-order chi connectivity index (χ0) is 16.9. The van der Waals surface area contributed by atoms with Gasteiger partial charge in [0.05, 0.1) is 11.4 Å². The molecule has 0 spiro atoms. The molecule has 0 aliphatic heterocycles. The predicted octanol–water partition coefficient (Wildman–Crippen LogP) is 4.14. The number of carbonyl (C=O) groups excluding carboxylic acids is 1. The molecule has 3 aromatic rings. The summed E-state index contributed by atoms with van der Waals surface area (Å²) in [5, 5.41) is 4.45. The molecular weight excluding hydrogens is 342 g/mol. The molecule has 1 N–H and O–H groups in total. The quantitative estimate of drug-likeness (QED) is 0.746. The Morgan fingerprint density at radius 1 is 1.21 bits per heavy atom. The first-order valence-corrected chi connectivity index (χ1v) is 8.74. The van der Waals surface area contributed by atoms with Crippen LogP contribution < -0.4 is 5.32 Å². The Kier molecular flexibility index (Phi) is 5.23. The van der Waals surface area contributed by atoms with E-state index in [0.717, 1.165) is 27.7 Å². The van der Waals surface area contributed by atoms with Gasteiger partial charge in [0.15, 0.2) is 0 Å². The number of hydrogen-bond donors (Lipinski definition) is 1. The minimum atomic E-state index is -0.0983. The maximum atomic E-state index is 12.1. The summed E-state index contributed by atoms with van der Waals surface area (Å²) < 4.78 is 0. The van der Waals surface area contributed by atoms with Gasteiger partial charge in [-0.2, -0.15) is 0 Å². The van der Waals surface area contributed by atoms with Gasteiger partial charge in [-0.25, -0.2) is 4.98 Å². The van der Waals surface area contributed by atoms with Crippen molar-refractivity contribution in [1.29, 1.82) is 0 Å². The monoisotopic (exact) mass is 357 g/mol. The Morgan fingerprint density at radius 2 is 2.00 bits per heavy atom. The zero-order valence-corrected chi connectivity index (χ0v) is 14.7. The molecule has 0 atom stereocenters. The third kappa shape index (κ3) is 3.99. The van der Waals surface area contributed by atoms with Gasteiger partial charge in [-0.15, -0.1) is 11.3 Å². The molecule has 0 saturated heterocycles. The number of hydrogen-bond acceptors (Lipinski definition) is 4. The number of nitrogens with one attached hydrogen (secondary N) is 1. The summed E-state index contributed by atoms with van der Waals surface area (Å²) in [5.74, 6) is -0.0983. The summed E-state index contributed by atoms with van der Waals surface area (Å²) >= 11 is 7.45. The zero-order valence-electron chi connectivity index (χ0n) is 13.1. The Labute approximate surface area is 149 Å². The Balaban J connectivity index is 1.60. The van der Waals surface area contributed by atoms with Gasteiger partial charge in [-0.3, -0.25) is 9.78 Å². The van der Waals surface area contributed by atoms with E-state index >= 15 is 0 Å². The number of aryl methyl sites for hydroxylation is 1. The molecule has 2 heterocycles. The molecule has 0 aliphatic carbocycles. The van der Waals surface area contributed by atoms with Crippen LogP contribution in [-0.4, -0.2) is 22.4 Å². The van der Waals surface area contributed by atoms with Crippen LogP contribution in [0, 0.1) is 6.92 Å². The second-order valence-electron chi connectivity index (χ2n) is 5.26. The molecule has 2 aromatic heterocycles. The molecule has 1 aromatic carbocycles. The number of halogens is 1. The highest BCUT2D eigenvalue weighted by Gasteiger charge is 2.11. The second kappa shape index (κ2) is 7.55. The van der Waals surface area contributed by atoms with Gasteiger partial charge in [0.1, 0.15) is 5.01 Å². The standard InChI is InChI=1S/C18H16ClN3OS/c1-12-16(24-18(22-12)15-4-2-3-10-20-15)9-11-21-17(23)13-5-7-14(19)8-6-13/h2-8,10H,9,11H2,1H3,(H,21,23). The highest BCUT2D eigenvalue weighted by molar-refractivity contribution is 7.15. The molecule has 122 valence electrons. The molecule has 0 radical (unpaired) electrons. The van der Waals surface area contributed by atoms with E-state index in [2.05, 4.69) is 15.3 Å². The fourth-order valence-electron chi connectivity index (χ4n) is 2.25. The molecule has 0 fully saturated rings. The van der Waals surface area contributed by atoms with E-state index < -0.39 is 0 Å². The first-order valence-electron chi connectivity index (χ1n) is 7.55. The lowest BCUT2D eigenvalue weighted by molar-refractivity contribution is 0.0954. The number of thiazole rings is 1. The molecule has 0 bridgehead atoms. The lowest BCUT2D eigenvalue weighted by Gasteiger charge is -2.04. The fraction of sp³-hybridized carbons (Fsp3) is 0.167. The van der Waals surface area contributed by atoms with Crippen LogP contribution in [-0.2, 0) is 6.42 Å². The maximum Gasteiger partial charge on any atom is 0.251 e. The number of benzene rings is 1. The van der Waals surface area contributed by atoms with Crippen molar-refractivity contribution in [2.24, 2.45) is 0 Å². The van der Waals surface area contributed by atoms with E-state index in [-0.39, 0.29) is 5.91 Å². The van der Waals surface area contributed by atoms with E-state index in [4.69, 9.17) is 11.6 Å². The van der Waals surface area contributed by atoms with Crippen LogP contribution in [0.3, 0.4) is 0 Å². The van der Waals surface area contributed by atoms with Gasteiger partial charge in [0.2, 0.25) is 0 Å². The highest BCUT2D eigenvalue weighted by Crippen LogP contribution is 2.26. The van der Waals surface area contributed by atoms with Gasteiger partial charge in [0, 0.05) is 34.6 Å². The average molecular weight is 358 g/mol. The van der Waals surface area contributed by atoms with E-state index in [0.29, 0.717) is 17.1 Å². The van der Waals surface area contributed by atoms with E-state index in [1.54, 1.807) is 41.8 Å². The predicted molar refractivity (Wildman–Crippen MR) is 97.6 cm³/mol. The summed E-state index contributed by atoms with van der Waals surface area (Å²) in [6.07, 6.45) is 2.51. The van der Waals surface area contributed by atoms with Crippen LogP contribution in [0.25, 0.3) is 10.7 Å². The number of nitrogens with zero attached hydrogens (tertiary/aromatic N) is 2. The van der Waals surface area contributed by atoms with Gasteiger partial charge in [-0.1, -0.05) is 17.7 Å². The molecule has 4 nitrogen and oxygen atoms in total. The third-order valence-electron chi connectivity index (χ3n) is 3.52. The molecule has 24 heavy (non-hydrogen) atoms. The number of pyridine rings is 1. The van der Waals surface area contributed by atoms with Crippen molar-refractivity contribution < 1.29 is 4.79 Å². The van der Waals surface area contributed by atoms with Crippen LogP contribution in [0.1, 0.15) is 20.9 Å². The van der Waals surface area contributed by atoms with Crippen LogP contribution in [0.15, 0.2) is 48.7 Å². The highest BCUT2D eigenvalue weighted by atomic mass is 35.5. The minimum absolute atomic E-state index is 0.0983. The van der Waals surface area contributed by atoms with Crippen molar-refractivity contribution >= 4 is 28.8 Å². The number of aromatic nitrogens is 2. The maximum absolute atomic E-state index is 12.1. The number of rotatable bonds is 5. The van der Waals surface area contributed by atoms with E-state index in [1.165, 1.54) is 0 Å². The summed E-state index contributed by atoms with van der Waals surface area (Å²) in [6.45, 7) is 2.55. The average Bonchev–Trinajstić information content (AvgIpc) is 2.97. The number of amides is 1. The summed E-state index contributed by atoms with van der Waals surface area (Å²) in [4.78, 5) is 22.1. The normalized spacial score (nSPS) is 10.6. The van der Waals surface area contributed by atoms with Crippen molar-refractivity contribution in [3.63, 3.8) is 0 Å². The Morgan fingerprint density at radius 3 is 2.71 bits per heavy atom. The largest absolute Gasteiger partial charge is 0.352 e. The van der Waals surface area contributed by atoms with Gasteiger partial charge in [-0.05, 0) is 43.3 Å². The van der Waals surface area contributed by atoms with Crippen LogP contribution in [0.5, 0.6) is 0 Å². The fourth-order valence-corrected chi connectivity index (χ4v) is 3.42. The van der Waals surface area contributed by atoms with E-state index in [1.807, 2.05) is 25.1 Å². The first-order chi connectivity index (χ1) is 11.6. The van der Waals surface area contributed by atoms with Crippen LogP contribution in [0.4, 0.5) is 0 Å². The molecule has 0 aliphatic rings. The SMILES string of the molecule is Cc1nc(-c2ccccn2)sc1CCNC(=O)c1ccc(Cl)cc1. The van der Waals surface area contributed by atoms with Crippen molar-refractivity contribution in [3.8, 4) is 10.7 Å². The van der Waals surface area contributed by atoms with Crippen molar-refractivity contribution in [3.05, 3.63) is 69.8 Å². The molecule has 1 amide bonds. The van der Waals surface area contributed by atoms with E-state index in [9.17, 15) is 4.79 Å². The molecule has 6 heteroatoms. The third-order valence-corrected chi connectivity index (χ3v) is 5.01. The number of carbonyl (C=O) groups is 1.